The highest BCUT2D eigenvalue weighted by molar-refractivity contribution is 6.31. The highest BCUT2D eigenvalue weighted by atomic mass is 35.5. The van der Waals surface area contributed by atoms with Crippen molar-refractivity contribution in [3.8, 4) is 0 Å². The van der Waals surface area contributed by atoms with E-state index in [4.69, 9.17) is 11.6 Å². The molecule has 0 aliphatic heterocycles. The van der Waals surface area contributed by atoms with Gasteiger partial charge in [0.05, 0.1) is 10.5 Å². The number of nitrogens with one attached hydrogen (secondary N) is 1. The summed E-state index contributed by atoms with van der Waals surface area (Å²) in [5, 5.41) is 0.390. The van der Waals surface area contributed by atoms with Crippen LogP contribution in [0.3, 0.4) is 0 Å². The second-order valence-corrected chi connectivity index (χ2v) is 3.92. The summed E-state index contributed by atoms with van der Waals surface area (Å²) >= 11 is 5.62. The Kier molecular flexibility index (Phi) is 2.27. The van der Waals surface area contributed by atoms with E-state index >= 15 is 0 Å². The average Bonchev–Trinajstić information content (AvgIpc) is 2.19. The van der Waals surface area contributed by atoms with Gasteiger partial charge in [0.25, 0.3) is 0 Å². The molecule has 0 unspecified atom stereocenters. The predicted octanol–water partition coefficient (Wildman–Crippen LogP) is 2.94. The lowest BCUT2D eigenvalue weighted by Crippen LogP contribution is -2.09. The summed E-state index contributed by atoms with van der Waals surface area (Å²) in [6.45, 7) is 3.51. The highest BCUT2D eigenvalue weighted by Gasteiger charge is 2.08. The molecule has 1 aromatic carbocycles. The van der Waals surface area contributed by atoms with Crippen LogP contribution in [0, 0.1) is 19.7 Å². The quantitative estimate of drug-likeness (QED) is 0.735. The lowest BCUT2D eigenvalue weighted by molar-refractivity contribution is 0.629. The van der Waals surface area contributed by atoms with Crippen LogP contribution >= 0.6 is 11.6 Å². The van der Waals surface area contributed by atoms with Gasteiger partial charge in [-0.15, -0.1) is 0 Å². The van der Waals surface area contributed by atoms with E-state index in [-0.39, 0.29) is 10.5 Å². The van der Waals surface area contributed by atoms with Gasteiger partial charge >= 0.3 is 0 Å². The Morgan fingerprint density at radius 3 is 2.67 bits per heavy atom. The minimum atomic E-state index is -0.525. The zero-order chi connectivity index (χ0) is 11.2. The summed E-state index contributed by atoms with van der Waals surface area (Å²) < 4.78 is 13.2. The number of pyridine rings is 1. The van der Waals surface area contributed by atoms with E-state index in [1.54, 1.807) is 13.8 Å². The molecule has 0 saturated heterocycles. The van der Waals surface area contributed by atoms with Gasteiger partial charge < -0.3 is 4.98 Å². The number of aryl methyl sites for hydroxylation is 1. The van der Waals surface area contributed by atoms with E-state index in [1.807, 2.05) is 0 Å². The van der Waals surface area contributed by atoms with Crippen LogP contribution in [0.5, 0.6) is 0 Å². The molecule has 0 bridgehead atoms. The molecular weight excluding hydrogens is 217 g/mol. The highest BCUT2D eigenvalue weighted by Crippen LogP contribution is 2.20. The first kappa shape index (κ1) is 10.2. The van der Waals surface area contributed by atoms with Gasteiger partial charge in [0.1, 0.15) is 5.82 Å². The van der Waals surface area contributed by atoms with Gasteiger partial charge in [0, 0.05) is 16.6 Å². The van der Waals surface area contributed by atoms with Crippen LogP contribution in [0.1, 0.15) is 11.3 Å². The number of hydrogen-bond acceptors (Lipinski definition) is 1. The van der Waals surface area contributed by atoms with Crippen molar-refractivity contribution in [2.45, 2.75) is 13.8 Å². The predicted molar refractivity (Wildman–Crippen MR) is 59.0 cm³/mol. The molecule has 0 atom stereocenters. The van der Waals surface area contributed by atoms with Crippen LogP contribution in [-0.4, -0.2) is 4.98 Å². The van der Waals surface area contributed by atoms with E-state index in [0.717, 1.165) is 5.69 Å². The van der Waals surface area contributed by atoms with E-state index in [1.165, 1.54) is 12.1 Å². The van der Waals surface area contributed by atoms with Crippen LogP contribution in [0.2, 0.25) is 5.02 Å². The maximum Gasteiger partial charge on any atom is 0.192 e. The summed E-state index contributed by atoms with van der Waals surface area (Å²) in [6, 6.07) is 2.60. The molecule has 0 saturated carbocycles. The normalized spacial score (nSPS) is 10.9. The van der Waals surface area contributed by atoms with Crippen LogP contribution in [0.25, 0.3) is 10.9 Å². The molecule has 0 radical (unpaired) electrons. The van der Waals surface area contributed by atoms with Gasteiger partial charge in [0.2, 0.25) is 0 Å². The fraction of sp³-hybridized carbons (Fsp3) is 0.182. The van der Waals surface area contributed by atoms with Crippen molar-refractivity contribution in [3.05, 3.63) is 44.5 Å². The van der Waals surface area contributed by atoms with Crippen LogP contribution in [0.15, 0.2) is 16.9 Å². The topological polar surface area (TPSA) is 32.9 Å². The van der Waals surface area contributed by atoms with E-state index in [0.29, 0.717) is 16.5 Å². The molecular formula is C11H9ClFNO. The number of H-pyrrole nitrogens is 1. The monoisotopic (exact) mass is 225 g/mol. The minimum Gasteiger partial charge on any atom is -0.358 e. The minimum absolute atomic E-state index is 0.0312. The molecule has 0 amide bonds. The molecule has 0 aliphatic carbocycles. The summed E-state index contributed by atoms with van der Waals surface area (Å²) in [4.78, 5) is 14.8. The largest absolute Gasteiger partial charge is 0.358 e. The zero-order valence-electron chi connectivity index (χ0n) is 8.32. The SMILES string of the molecule is Cc1[nH]c2cc(F)c(Cl)cc2c(=O)c1C. The smallest absolute Gasteiger partial charge is 0.192 e. The second kappa shape index (κ2) is 3.35. The first-order valence-electron chi connectivity index (χ1n) is 4.49. The van der Waals surface area contributed by atoms with Crippen molar-refractivity contribution < 1.29 is 4.39 Å². The van der Waals surface area contributed by atoms with E-state index in [9.17, 15) is 9.18 Å². The van der Waals surface area contributed by atoms with Gasteiger partial charge in [-0.25, -0.2) is 4.39 Å². The van der Waals surface area contributed by atoms with Crippen molar-refractivity contribution >= 4 is 22.5 Å². The van der Waals surface area contributed by atoms with Crippen molar-refractivity contribution in [3.63, 3.8) is 0 Å². The van der Waals surface area contributed by atoms with Gasteiger partial charge in [0.15, 0.2) is 5.43 Å². The molecule has 1 N–H and O–H groups in total. The average molecular weight is 226 g/mol. The molecule has 0 spiro atoms. The molecule has 15 heavy (non-hydrogen) atoms. The number of rotatable bonds is 0. The Morgan fingerprint density at radius 1 is 1.33 bits per heavy atom. The van der Waals surface area contributed by atoms with Crippen molar-refractivity contribution in [2.24, 2.45) is 0 Å². The summed E-state index contributed by atoms with van der Waals surface area (Å²) in [7, 11) is 0. The van der Waals surface area contributed by atoms with E-state index < -0.39 is 5.82 Å². The number of aromatic nitrogens is 1. The summed E-state index contributed by atoms with van der Waals surface area (Å²) in [5.41, 5.74) is 1.74. The number of hydrogen-bond donors (Lipinski definition) is 1. The summed E-state index contributed by atoms with van der Waals surface area (Å²) in [6.07, 6.45) is 0. The fourth-order valence-corrected chi connectivity index (χ4v) is 1.67. The van der Waals surface area contributed by atoms with Crippen LogP contribution in [-0.2, 0) is 0 Å². The third kappa shape index (κ3) is 1.53. The lowest BCUT2D eigenvalue weighted by atomic mass is 10.1. The van der Waals surface area contributed by atoms with Crippen molar-refractivity contribution in [1.29, 1.82) is 0 Å². The van der Waals surface area contributed by atoms with E-state index in [2.05, 4.69) is 4.98 Å². The van der Waals surface area contributed by atoms with Gasteiger partial charge in [-0.2, -0.15) is 0 Å². The molecule has 2 nitrogen and oxygen atoms in total. The third-order valence-corrected chi connectivity index (χ3v) is 2.82. The lowest BCUT2D eigenvalue weighted by Gasteiger charge is -2.04. The van der Waals surface area contributed by atoms with Gasteiger partial charge in [-0.3, -0.25) is 4.79 Å². The number of aromatic amines is 1. The van der Waals surface area contributed by atoms with Gasteiger partial charge in [-0.05, 0) is 26.0 Å². The molecule has 2 rings (SSSR count). The van der Waals surface area contributed by atoms with Crippen LogP contribution in [0.4, 0.5) is 4.39 Å². The Bertz CT molecular complexity index is 598. The third-order valence-electron chi connectivity index (χ3n) is 2.53. The zero-order valence-corrected chi connectivity index (χ0v) is 9.07. The molecule has 1 heterocycles. The Labute approximate surface area is 90.7 Å². The molecule has 2 aromatic rings. The number of halogens is 2. The Balaban J connectivity index is 3.00. The van der Waals surface area contributed by atoms with Crippen molar-refractivity contribution in [2.75, 3.05) is 0 Å². The summed E-state index contributed by atoms with van der Waals surface area (Å²) in [5.74, 6) is -0.525. The first-order chi connectivity index (χ1) is 7.00. The second-order valence-electron chi connectivity index (χ2n) is 3.52. The maximum absolute atomic E-state index is 13.2. The number of fused-ring (bicyclic) bond motifs is 1. The first-order valence-corrected chi connectivity index (χ1v) is 4.86. The van der Waals surface area contributed by atoms with Crippen LogP contribution < -0.4 is 5.43 Å². The standard InChI is InChI=1S/C11H9ClFNO/c1-5-6(2)14-10-4-9(13)8(12)3-7(10)11(5)15/h3-4H,1-2H3,(H,14,15). The fourth-order valence-electron chi connectivity index (χ4n) is 1.51. The molecule has 1 aromatic heterocycles. The molecule has 0 aliphatic rings. The molecule has 78 valence electrons. The number of benzene rings is 1. The Hall–Kier alpha value is -1.35. The van der Waals surface area contributed by atoms with Gasteiger partial charge in [-0.1, -0.05) is 11.6 Å². The molecule has 4 heteroatoms. The Morgan fingerprint density at radius 2 is 2.00 bits per heavy atom. The molecule has 0 fully saturated rings. The van der Waals surface area contributed by atoms with Crippen molar-refractivity contribution in [1.82, 2.24) is 4.98 Å². The maximum atomic E-state index is 13.2.